The molecule has 0 N–H and O–H groups in total. The van der Waals surface area contributed by atoms with E-state index in [1.807, 2.05) is 24.3 Å². The van der Waals surface area contributed by atoms with Crippen LogP contribution in [-0.2, 0) is 14.0 Å². The lowest BCUT2D eigenvalue weighted by Gasteiger charge is -2.57. The van der Waals surface area contributed by atoms with E-state index in [0.717, 1.165) is 5.56 Å². The Bertz CT molecular complexity index is 773. The number of hydrogen-bond donors (Lipinski definition) is 0. The van der Waals surface area contributed by atoms with E-state index in [4.69, 9.17) is 9.16 Å². The first-order valence-electron chi connectivity index (χ1n) is 10.5. The summed E-state index contributed by atoms with van der Waals surface area (Å²) < 4.78 is 12.3. The van der Waals surface area contributed by atoms with Gasteiger partial charge in [0.15, 0.2) is 6.87 Å². The van der Waals surface area contributed by atoms with Crippen LogP contribution in [0.15, 0.2) is 36.4 Å². The molecule has 166 valence electrons. The van der Waals surface area contributed by atoms with Crippen molar-refractivity contribution in [1.82, 2.24) is 0 Å². The lowest BCUT2D eigenvalue weighted by Crippen LogP contribution is -2.84. The Labute approximate surface area is 186 Å². The molecule has 1 aromatic rings. The van der Waals surface area contributed by atoms with Gasteiger partial charge in [-0.25, -0.2) is 4.79 Å². The Morgan fingerprint density at radius 1 is 0.967 bits per heavy atom. The molecule has 0 fully saturated rings. The highest BCUT2D eigenvalue weighted by molar-refractivity contribution is 7.87. The van der Waals surface area contributed by atoms with E-state index in [1.165, 1.54) is 7.11 Å². The number of benzene rings is 1. The van der Waals surface area contributed by atoms with E-state index in [0.29, 0.717) is 17.6 Å². The third kappa shape index (κ3) is 5.51. The summed E-state index contributed by atoms with van der Waals surface area (Å²) in [4.78, 5) is 12.2. The Morgan fingerprint density at radius 2 is 1.40 bits per heavy atom. The quantitative estimate of drug-likeness (QED) is 0.251. The van der Waals surface area contributed by atoms with Crippen molar-refractivity contribution in [2.75, 3.05) is 7.11 Å². The van der Waals surface area contributed by atoms with Gasteiger partial charge in [0, 0.05) is 12.0 Å². The first kappa shape index (κ1) is 26.8. The van der Waals surface area contributed by atoms with Crippen LogP contribution in [0.4, 0.5) is 0 Å². The van der Waals surface area contributed by atoms with Gasteiger partial charge in [0.1, 0.15) is 0 Å². The van der Waals surface area contributed by atoms with Crippen molar-refractivity contribution in [3.8, 4) is 6.07 Å². The predicted octanol–water partition coefficient (Wildman–Crippen LogP) is 5.93. The summed E-state index contributed by atoms with van der Waals surface area (Å²) in [7, 11) is -3.61. The fourth-order valence-corrected chi connectivity index (χ4v) is 99.5. The average Bonchev–Trinajstić information content (AvgIpc) is 2.60. The third-order valence-electron chi connectivity index (χ3n) is 5.81. The van der Waals surface area contributed by atoms with E-state index in [1.54, 1.807) is 0 Å². The van der Waals surface area contributed by atoms with Crippen LogP contribution in [0.1, 0.15) is 23.7 Å². The summed E-state index contributed by atoms with van der Waals surface area (Å²) in [5, 5.41) is 9.19. The molecule has 1 rings (SSSR count). The second kappa shape index (κ2) is 9.49. The molecular formula is C22H39NO3Si4. The smallest absolute Gasteiger partial charge is 0.333 e. The monoisotopic (exact) mass is 477 g/mol. The highest BCUT2D eigenvalue weighted by Gasteiger charge is 2.64. The van der Waals surface area contributed by atoms with Gasteiger partial charge in [-0.1, -0.05) is 77.6 Å². The topological polar surface area (TPSA) is 59.3 Å². The van der Waals surface area contributed by atoms with Gasteiger partial charge in [0.25, 0.3) is 0 Å². The molecule has 4 nitrogen and oxygen atoms in total. The standard InChI is InChI=1S/C22H39NO3Si4/c1-18(22(24)25-2)16-21(20-14-12-19(17-23)13-15-20)26-30(27(3,4)5,28(6,7)8)29(9,10)11/h12-15,21H,1,16H2,2-11H3. The summed E-state index contributed by atoms with van der Waals surface area (Å²) in [6.07, 6.45) is 0.161. The molecule has 1 atom stereocenters. The molecule has 0 aromatic heterocycles. The number of rotatable bonds is 9. The van der Waals surface area contributed by atoms with E-state index in [9.17, 15) is 10.1 Å². The van der Waals surface area contributed by atoms with Crippen LogP contribution in [-0.4, -0.2) is 42.7 Å². The summed E-state index contributed by atoms with van der Waals surface area (Å²) in [6, 6.07) is 9.76. The lowest BCUT2D eigenvalue weighted by atomic mass is 10.0. The van der Waals surface area contributed by atoms with E-state index in [-0.39, 0.29) is 6.10 Å². The van der Waals surface area contributed by atoms with Crippen LogP contribution in [0.2, 0.25) is 58.9 Å². The lowest BCUT2D eigenvalue weighted by molar-refractivity contribution is -0.136. The van der Waals surface area contributed by atoms with Gasteiger partial charge < -0.3 is 9.16 Å². The summed E-state index contributed by atoms with van der Waals surface area (Å²) in [5.41, 5.74) is 2.05. The molecule has 0 heterocycles. The van der Waals surface area contributed by atoms with Crippen LogP contribution < -0.4 is 0 Å². The fourth-order valence-electron chi connectivity index (χ4n) is 5.57. The Kier molecular flexibility index (Phi) is 8.47. The minimum atomic E-state index is -2.12. The molecular weight excluding hydrogens is 439 g/mol. The van der Waals surface area contributed by atoms with E-state index in [2.05, 4.69) is 71.6 Å². The maximum Gasteiger partial charge on any atom is 0.333 e. The van der Waals surface area contributed by atoms with Crippen molar-refractivity contribution in [3.63, 3.8) is 0 Å². The molecule has 30 heavy (non-hydrogen) atoms. The molecule has 1 aromatic carbocycles. The fraction of sp³-hybridized carbons (Fsp3) is 0.545. The highest BCUT2D eigenvalue weighted by atomic mass is 29.9. The molecule has 0 aliphatic carbocycles. The molecule has 0 saturated carbocycles. The Morgan fingerprint density at radius 3 is 1.73 bits per heavy atom. The maximum atomic E-state index is 12.2. The maximum absolute atomic E-state index is 12.2. The average molecular weight is 478 g/mol. The second-order valence-corrected chi connectivity index (χ2v) is 50.5. The third-order valence-corrected chi connectivity index (χ3v) is 73.4. The van der Waals surface area contributed by atoms with Crippen LogP contribution >= 0.6 is 0 Å². The van der Waals surface area contributed by atoms with Gasteiger partial charge in [0.2, 0.25) is 0 Å². The molecule has 0 aliphatic rings. The molecule has 0 aliphatic heterocycles. The summed E-state index contributed by atoms with van der Waals surface area (Å²) >= 11 is 0. The normalized spacial score (nSPS) is 14.0. The Balaban J connectivity index is 3.65. The predicted molar refractivity (Wildman–Crippen MR) is 137 cm³/mol. The summed E-state index contributed by atoms with van der Waals surface area (Å²) in [6.45, 7) is 24.1. The number of nitriles is 1. The van der Waals surface area contributed by atoms with Gasteiger partial charge in [0.05, 0.1) is 47.6 Å². The zero-order chi connectivity index (χ0) is 23.5. The first-order valence-corrected chi connectivity index (χ1v) is 25.9. The molecule has 0 amide bonds. The molecule has 0 radical (unpaired) electrons. The van der Waals surface area contributed by atoms with Gasteiger partial charge in [-0.2, -0.15) is 5.26 Å². The van der Waals surface area contributed by atoms with E-state index < -0.39 is 35.6 Å². The first-order chi connectivity index (χ1) is 13.5. The minimum Gasteiger partial charge on any atom is -0.466 e. The second-order valence-electron chi connectivity index (χ2n) is 11.1. The van der Waals surface area contributed by atoms with Crippen molar-refractivity contribution >= 4 is 35.6 Å². The number of carbonyl (C=O) groups is 1. The van der Waals surface area contributed by atoms with Crippen molar-refractivity contribution in [1.29, 1.82) is 5.26 Å². The van der Waals surface area contributed by atoms with Gasteiger partial charge in [-0.15, -0.1) is 0 Å². The zero-order valence-electron chi connectivity index (χ0n) is 20.5. The van der Waals surface area contributed by atoms with Gasteiger partial charge >= 0.3 is 5.97 Å². The van der Waals surface area contributed by atoms with Crippen LogP contribution in [0, 0.1) is 11.3 Å². The number of esters is 1. The molecule has 0 bridgehead atoms. The molecule has 8 heteroatoms. The van der Waals surface area contributed by atoms with Crippen LogP contribution in [0.5, 0.6) is 0 Å². The van der Waals surface area contributed by atoms with Gasteiger partial charge in [-0.05, 0) is 17.7 Å². The zero-order valence-corrected chi connectivity index (χ0v) is 24.5. The largest absolute Gasteiger partial charge is 0.466 e. The minimum absolute atomic E-state index is 0.249. The van der Waals surface area contributed by atoms with Crippen LogP contribution in [0.25, 0.3) is 0 Å². The van der Waals surface area contributed by atoms with Crippen LogP contribution in [0.3, 0.4) is 0 Å². The number of hydrogen-bond acceptors (Lipinski definition) is 4. The van der Waals surface area contributed by atoms with Crippen molar-refractivity contribution in [3.05, 3.63) is 47.5 Å². The number of carbonyl (C=O) groups excluding carboxylic acids is 1. The molecule has 1 unspecified atom stereocenters. The SMILES string of the molecule is C=C(CC(O[Si]([Si](C)(C)C)([Si](C)(C)C)[Si](C)(C)C)c1ccc(C#N)cc1)C(=O)OC. The van der Waals surface area contributed by atoms with Crippen molar-refractivity contribution < 1.29 is 14.0 Å². The Hall–Kier alpha value is -1.25. The van der Waals surface area contributed by atoms with Crippen molar-refractivity contribution in [2.24, 2.45) is 0 Å². The molecule has 0 spiro atoms. The summed E-state index contributed by atoms with van der Waals surface area (Å²) in [5.74, 6) is -0.390. The van der Waals surface area contributed by atoms with Crippen molar-refractivity contribution in [2.45, 2.75) is 71.4 Å². The number of ether oxygens (including phenoxy) is 1. The van der Waals surface area contributed by atoms with E-state index >= 15 is 0 Å². The molecule has 0 saturated heterocycles. The number of nitrogens with zero attached hydrogens (tertiary/aromatic N) is 1. The van der Waals surface area contributed by atoms with Gasteiger partial charge in [-0.3, -0.25) is 0 Å². The highest BCUT2D eigenvalue weighted by Crippen LogP contribution is 2.42. The number of methoxy groups -OCH3 is 1.